The molecule has 1 saturated carbocycles. The van der Waals surface area contributed by atoms with Gasteiger partial charge in [0, 0.05) is 10.4 Å². The average Bonchev–Trinajstić information content (AvgIpc) is 2.89. The first-order chi connectivity index (χ1) is 9.65. The maximum absolute atomic E-state index is 10.3. The van der Waals surface area contributed by atoms with E-state index in [0.717, 1.165) is 31.1 Å². The van der Waals surface area contributed by atoms with Crippen molar-refractivity contribution in [3.8, 4) is 0 Å². The Bertz CT molecular complexity index is 586. The van der Waals surface area contributed by atoms with Gasteiger partial charge >= 0.3 is 0 Å². The molecule has 20 heavy (non-hydrogen) atoms. The van der Waals surface area contributed by atoms with Crippen LogP contribution in [0.1, 0.15) is 44.0 Å². The van der Waals surface area contributed by atoms with Gasteiger partial charge in [0.2, 0.25) is 0 Å². The number of benzene rings is 1. The number of aliphatic hydroxyl groups excluding tert-OH is 2. The van der Waals surface area contributed by atoms with E-state index in [0.29, 0.717) is 16.4 Å². The second kappa shape index (κ2) is 5.76. The van der Waals surface area contributed by atoms with Crippen molar-refractivity contribution in [3.05, 3.63) is 35.0 Å². The van der Waals surface area contributed by atoms with Crippen LogP contribution in [0.15, 0.2) is 28.7 Å². The third kappa shape index (κ3) is 2.71. The first-order valence-corrected chi connectivity index (χ1v) is 7.58. The standard InChI is InChI=1S/C16H19ClO3/c17-12-6-7-13-11(8-12)9-14(20-13)16(19)15(18)10-4-2-1-3-5-10/h6-10,15-16,18-19H,1-5H2. The SMILES string of the molecule is OC(c1cc2cc(Cl)ccc2o1)C(O)C1CCCCC1. The molecule has 3 nitrogen and oxygen atoms in total. The van der Waals surface area contributed by atoms with Crippen molar-refractivity contribution < 1.29 is 14.6 Å². The van der Waals surface area contributed by atoms with E-state index in [9.17, 15) is 10.2 Å². The first-order valence-electron chi connectivity index (χ1n) is 7.20. The topological polar surface area (TPSA) is 53.6 Å². The summed E-state index contributed by atoms with van der Waals surface area (Å²) in [5, 5.41) is 22.2. The number of fused-ring (bicyclic) bond motifs is 1. The molecule has 2 atom stereocenters. The molecule has 1 aliphatic carbocycles. The molecule has 1 fully saturated rings. The van der Waals surface area contributed by atoms with Gasteiger partial charge in [0.05, 0.1) is 6.10 Å². The van der Waals surface area contributed by atoms with Crippen LogP contribution in [0.25, 0.3) is 11.0 Å². The Morgan fingerprint density at radius 1 is 1.10 bits per heavy atom. The molecule has 2 aromatic rings. The summed E-state index contributed by atoms with van der Waals surface area (Å²) in [5.74, 6) is 0.580. The summed E-state index contributed by atoms with van der Waals surface area (Å²) in [4.78, 5) is 0. The molecule has 108 valence electrons. The van der Waals surface area contributed by atoms with Crippen molar-refractivity contribution in [1.29, 1.82) is 0 Å². The van der Waals surface area contributed by atoms with E-state index in [2.05, 4.69) is 0 Å². The molecule has 0 radical (unpaired) electrons. The van der Waals surface area contributed by atoms with Crippen molar-refractivity contribution in [2.45, 2.75) is 44.3 Å². The van der Waals surface area contributed by atoms with Crippen LogP contribution in [0.5, 0.6) is 0 Å². The van der Waals surface area contributed by atoms with Gasteiger partial charge in [0.1, 0.15) is 17.4 Å². The molecule has 2 N–H and O–H groups in total. The molecule has 1 aromatic heterocycles. The van der Waals surface area contributed by atoms with Crippen LogP contribution < -0.4 is 0 Å². The number of aliphatic hydroxyl groups is 2. The Balaban J connectivity index is 1.81. The van der Waals surface area contributed by atoms with Gasteiger partial charge in [-0.1, -0.05) is 30.9 Å². The van der Waals surface area contributed by atoms with E-state index in [1.807, 2.05) is 0 Å². The number of hydrogen-bond donors (Lipinski definition) is 2. The molecule has 1 heterocycles. The highest BCUT2D eigenvalue weighted by Crippen LogP contribution is 2.34. The molecule has 1 aromatic carbocycles. The van der Waals surface area contributed by atoms with Gasteiger partial charge in [-0.3, -0.25) is 0 Å². The predicted molar refractivity (Wildman–Crippen MR) is 78.8 cm³/mol. The normalized spacial score (nSPS) is 20.1. The van der Waals surface area contributed by atoms with Gasteiger partial charge in [0.25, 0.3) is 0 Å². The van der Waals surface area contributed by atoms with Gasteiger partial charge in [0.15, 0.2) is 0 Å². The van der Waals surface area contributed by atoms with E-state index in [4.69, 9.17) is 16.0 Å². The van der Waals surface area contributed by atoms with Crippen LogP contribution in [0.3, 0.4) is 0 Å². The van der Waals surface area contributed by atoms with Crippen molar-refractivity contribution in [3.63, 3.8) is 0 Å². The lowest BCUT2D eigenvalue weighted by atomic mass is 9.83. The molecule has 0 amide bonds. The van der Waals surface area contributed by atoms with Crippen LogP contribution >= 0.6 is 11.6 Å². The van der Waals surface area contributed by atoms with Crippen LogP contribution in [0, 0.1) is 5.92 Å². The van der Waals surface area contributed by atoms with E-state index < -0.39 is 12.2 Å². The third-order valence-corrected chi connectivity index (χ3v) is 4.48. The Hall–Kier alpha value is -1.03. The largest absolute Gasteiger partial charge is 0.458 e. The smallest absolute Gasteiger partial charge is 0.138 e. The fourth-order valence-electron chi connectivity index (χ4n) is 3.08. The lowest BCUT2D eigenvalue weighted by Crippen LogP contribution is -2.29. The minimum atomic E-state index is -0.968. The predicted octanol–water partition coefficient (Wildman–Crippen LogP) is 4.06. The van der Waals surface area contributed by atoms with Crippen LogP contribution in [0.4, 0.5) is 0 Å². The average molecular weight is 295 g/mol. The molecular formula is C16H19ClO3. The molecule has 0 aliphatic heterocycles. The molecule has 3 rings (SSSR count). The van der Waals surface area contributed by atoms with Gasteiger partial charge in [-0.15, -0.1) is 0 Å². The second-order valence-corrected chi connectivity index (χ2v) is 6.10. The van der Waals surface area contributed by atoms with Gasteiger partial charge in [-0.05, 0) is 43.0 Å². The Morgan fingerprint density at radius 3 is 2.60 bits per heavy atom. The van der Waals surface area contributed by atoms with Gasteiger partial charge < -0.3 is 14.6 Å². The summed E-state index contributed by atoms with van der Waals surface area (Å²) in [6.07, 6.45) is 3.71. The van der Waals surface area contributed by atoms with E-state index >= 15 is 0 Å². The second-order valence-electron chi connectivity index (χ2n) is 5.66. The highest BCUT2D eigenvalue weighted by Gasteiger charge is 2.30. The van der Waals surface area contributed by atoms with Gasteiger partial charge in [-0.25, -0.2) is 0 Å². The molecule has 0 bridgehead atoms. The number of rotatable bonds is 3. The third-order valence-electron chi connectivity index (χ3n) is 4.25. The Labute approximate surface area is 123 Å². The quantitative estimate of drug-likeness (QED) is 0.897. The molecule has 1 aliphatic rings. The Morgan fingerprint density at radius 2 is 1.85 bits per heavy atom. The van der Waals surface area contributed by atoms with E-state index in [1.165, 1.54) is 6.42 Å². The van der Waals surface area contributed by atoms with Crippen molar-refractivity contribution in [1.82, 2.24) is 0 Å². The molecule has 0 spiro atoms. The maximum atomic E-state index is 10.3. The summed E-state index contributed by atoms with van der Waals surface area (Å²) in [7, 11) is 0. The first kappa shape index (κ1) is 13.9. The highest BCUT2D eigenvalue weighted by atomic mass is 35.5. The minimum absolute atomic E-state index is 0.163. The van der Waals surface area contributed by atoms with Crippen LogP contribution in [-0.4, -0.2) is 16.3 Å². The van der Waals surface area contributed by atoms with Gasteiger partial charge in [-0.2, -0.15) is 0 Å². The van der Waals surface area contributed by atoms with Crippen molar-refractivity contribution in [2.24, 2.45) is 5.92 Å². The summed E-state index contributed by atoms with van der Waals surface area (Å²) < 4.78 is 5.63. The Kier molecular flexibility index (Phi) is 4.01. The maximum Gasteiger partial charge on any atom is 0.138 e. The van der Waals surface area contributed by atoms with Crippen LogP contribution in [0.2, 0.25) is 5.02 Å². The minimum Gasteiger partial charge on any atom is -0.458 e. The van der Waals surface area contributed by atoms with Crippen LogP contribution in [-0.2, 0) is 0 Å². The molecular weight excluding hydrogens is 276 g/mol. The van der Waals surface area contributed by atoms with Crippen molar-refractivity contribution >= 4 is 22.6 Å². The van der Waals surface area contributed by atoms with E-state index in [-0.39, 0.29) is 5.92 Å². The number of hydrogen-bond acceptors (Lipinski definition) is 3. The van der Waals surface area contributed by atoms with E-state index in [1.54, 1.807) is 24.3 Å². The zero-order valence-electron chi connectivity index (χ0n) is 11.3. The summed E-state index contributed by atoms with van der Waals surface area (Å²) >= 11 is 5.94. The zero-order chi connectivity index (χ0) is 14.1. The molecule has 0 saturated heterocycles. The fourth-order valence-corrected chi connectivity index (χ4v) is 3.26. The monoisotopic (exact) mass is 294 g/mol. The zero-order valence-corrected chi connectivity index (χ0v) is 12.0. The number of furan rings is 1. The lowest BCUT2D eigenvalue weighted by Gasteiger charge is -2.28. The summed E-state index contributed by atoms with van der Waals surface area (Å²) in [6.45, 7) is 0. The number of halogens is 1. The highest BCUT2D eigenvalue weighted by molar-refractivity contribution is 6.31. The fraction of sp³-hybridized carbons (Fsp3) is 0.500. The molecule has 4 heteroatoms. The van der Waals surface area contributed by atoms with Crippen molar-refractivity contribution in [2.75, 3.05) is 0 Å². The molecule has 2 unspecified atom stereocenters. The summed E-state index contributed by atoms with van der Waals surface area (Å²) in [5.41, 5.74) is 0.680. The summed E-state index contributed by atoms with van der Waals surface area (Å²) in [6, 6.07) is 7.09. The lowest BCUT2D eigenvalue weighted by molar-refractivity contribution is -0.0375.